The predicted molar refractivity (Wildman–Crippen MR) is 148 cm³/mol. The molecule has 2 atom stereocenters. The number of benzene rings is 1. The van der Waals surface area contributed by atoms with Crippen LogP contribution in [0.3, 0.4) is 0 Å². The van der Waals surface area contributed by atoms with E-state index >= 15 is 0 Å². The zero-order valence-electron chi connectivity index (χ0n) is 22.0. The molecule has 1 saturated heterocycles. The summed E-state index contributed by atoms with van der Waals surface area (Å²) in [6.07, 6.45) is 5.31. The Morgan fingerprint density at radius 3 is 2.47 bits per heavy atom. The molecular weight excluding hydrogens is 495 g/mol. The minimum Gasteiger partial charge on any atom is -0.340 e. The van der Waals surface area contributed by atoms with E-state index in [1.54, 1.807) is 18.2 Å². The lowest BCUT2D eigenvalue weighted by molar-refractivity contribution is -0.133. The van der Waals surface area contributed by atoms with E-state index in [1.807, 2.05) is 9.80 Å². The number of urea groups is 1. The maximum Gasteiger partial charge on any atom is 0.322 e. The van der Waals surface area contributed by atoms with Crippen molar-refractivity contribution in [3.8, 4) is 0 Å². The number of nitrogens with one attached hydrogen (secondary N) is 1. The molecule has 5 rings (SSSR count). The first-order valence-corrected chi connectivity index (χ1v) is 14.0. The van der Waals surface area contributed by atoms with E-state index in [2.05, 4.69) is 44.0 Å². The number of allylic oxidation sites excluding steroid dienone is 1. The number of halogens is 2. The van der Waals surface area contributed by atoms with E-state index < -0.39 is 0 Å². The van der Waals surface area contributed by atoms with Crippen LogP contribution >= 0.6 is 23.2 Å². The van der Waals surface area contributed by atoms with Crippen molar-refractivity contribution in [2.45, 2.75) is 47.0 Å². The van der Waals surface area contributed by atoms with Crippen molar-refractivity contribution in [3.63, 3.8) is 0 Å². The van der Waals surface area contributed by atoms with Crippen LogP contribution in [0.2, 0.25) is 10.0 Å². The SMILES string of the molecule is CC(C)CC(=O)N1CCN(CCN(CC2=CCC3CC2C3(C)C)C(=O)Nc2ccc(Cl)c(Cl)c2)CC1. The largest absolute Gasteiger partial charge is 0.340 e. The van der Waals surface area contributed by atoms with Crippen LogP contribution < -0.4 is 5.32 Å². The molecular formula is C28H40Cl2N4O2. The fourth-order valence-corrected chi connectivity index (χ4v) is 6.16. The topological polar surface area (TPSA) is 55.9 Å². The molecule has 36 heavy (non-hydrogen) atoms. The summed E-state index contributed by atoms with van der Waals surface area (Å²) in [5, 5.41) is 3.91. The summed E-state index contributed by atoms with van der Waals surface area (Å²) in [5.74, 6) is 1.94. The summed E-state index contributed by atoms with van der Waals surface area (Å²) in [5.41, 5.74) is 2.34. The van der Waals surface area contributed by atoms with Crippen molar-refractivity contribution >= 4 is 40.8 Å². The van der Waals surface area contributed by atoms with Gasteiger partial charge in [0.1, 0.15) is 0 Å². The summed E-state index contributed by atoms with van der Waals surface area (Å²) in [6.45, 7) is 14.1. The van der Waals surface area contributed by atoms with Gasteiger partial charge in [-0.25, -0.2) is 4.79 Å². The highest BCUT2D eigenvalue weighted by molar-refractivity contribution is 6.42. The first kappa shape index (κ1) is 27.3. The molecule has 4 aliphatic rings. The summed E-state index contributed by atoms with van der Waals surface area (Å²) < 4.78 is 0. The van der Waals surface area contributed by atoms with Gasteiger partial charge in [0.15, 0.2) is 0 Å². The minimum absolute atomic E-state index is 0.126. The predicted octanol–water partition coefficient (Wildman–Crippen LogP) is 6.01. The number of rotatable bonds is 8. The Bertz CT molecular complexity index is 1000. The molecule has 198 valence electrons. The molecule has 2 bridgehead atoms. The first-order valence-electron chi connectivity index (χ1n) is 13.2. The van der Waals surface area contributed by atoms with Crippen molar-refractivity contribution in [1.29, 1.82) is 0 Å². The molecule has 2 unspecified atom stereocenters. The van der Waals surface area contributed by atoms with Gasteiger partial charge in [0.25, 0.3) is 0 Å². The molecule has 1 aromatic carbocycles. The molecule has 3 amide bonds. The van der Waals surface area contributed by atoms with Crippen LogP contribution in [0.15, 0.2) is 29.8 Å². The molecule has 1 aliphatic heterocycles. The molecule has 6 nitrogen and oxygen atoms in total. The fraction of sp³-hybridized carbons (Fsp3) is 0.643. The van der Waals surface area contributed by atoms with E-state index in [0.717, 1.165) is 45.1 Å². The summed E-state index contributed by atoms with van der Waals surface area (Å²) >= 11 is 12.2. The van der Waals surface area contributed by atoms with Gasteiger partial charge in [-0.3, -0.25) is 9.69 Å². The van der Waals surface area contributed by atoms with Crippen molar-refractivity contribution in [2.75, 3.05) is 51.1 Å². The number of amides is 3. The summed E-state index contributed by atoms with van der Waals surface area (Å²) in [7, 11) is 0. The molecule has 8 heteroatoms. The zero-order valence-corrected chi connectivity index (χ0v) is 23.5. The van der Waals surface area contributed by atoms with E-state index in [1.165, 1.54) is 12.0 Å². The minimum atomic E-state index is -0.126. The second-order valence-corrected chi connectivity index (χ2v) is 12.4. The average molecular weight is 536 g/mol. The Balaban J connectivity index is 1.38. The van der Waals surface area contributed by atoms with Crippen LogP contribution in [0.25, 0.3) is 0 Å². The highest BCUT2D eigenvalue weighted by Crippen LogP contribution is 2.59. The van der Waals surface area contributed by atoms with Gasteiger partial charge < -0.3 is 15.1 Å². The molecule has 3 aliphatic carbocycles. The Labute approximate surface area is 226 Å². The second-order valence-electron chi connectivity index (χ2n) is 11.6. The Kier molecular flexibility index (Phi) is 8.58. The second kappa shape index (κ2) is 11.3. The first-order chi connectivity index (χ1) is 17.0. The third-order valence-corrected chi connectivity index (χ3v) is 9.15. The highest BCUT2D eigenvalue weighted by Gasteiger charge is 2.51. The van der Waals surface area contributed by atoms with Crippen molar-refractivity contribution in [2.24, 2.45) is 23.2 Å². The normalized spacial score (nSPS) is 23.2. The number of hydrogen-bond donors (Lipinski definition) is 1. The van der Waals surface area contributed by atoms with Gasteiger partial charge in [0.2, 0.25) is 5.91 Å². The zero-order chi connectivity index (χ0) is 26.0. The number of piperazine rings is 1. The van der Waals surface area contributed by atoms with Gasteiger partial charge in [0, 0.05) is 57.9 Å². The number of carbonyl (C=O) groups excluding carboxylic acids is 2. The number of nitrogens with zero attached hydrogens (tertiary/aromatic N) is 3. The lowest BCUT2D eigenvalue weighted by Crippen LogP contribution is -2.52. The summed E-state index contributed by atoms with van der Waals surface area (Å²) in [6, 6.07) is 5.04. The van der Waals surface area contributed by atoms with Gasteiger partial charge >= 0.3 is 6.03 Å². The number of carbonyl (C=O) groups is 2. The molecule has 2 fully saturated rings. The maximum atomic E-state index is 13.4. The average Bonchev–Trinajstić information content (AvgIpc) is 2.83. The van der Waals surface area contributed by atoms with Gasteiger partial charge in [-0.2, -0.15) is 0 Å². The van der Waals surface area contributed by atoms with Crippen LogP contribution in [0, 0.1) is 23.2 Å². The van der Waals surface area contributed by atoms with E-state index in [-0.39, 0.29) is 11.9 Å². The van der Waals surface area contributed by atoms with Crippen molar-refractivity contribution < 1.29 is 9.59 Å². The Hall–Kier alpha value is -1.76. The third kappa shape index (κ3) is 6.20. The van der Waals surface area contributed by atoms with Crippen LogP contribution in [0.4, 0.5) is 10.5 Å². The molecule has 0 radical (unpaired) electrons. The van der Waals surface area contributed by atoms with E-state index in [0.29, 0.717) is 52.5 Å². The summed E-state index contributed by atoms with van der Waals surface area (Å²) in [4.78, 5) is 32.1. The Morgan fingerprint density at radius 1 is 1.14 bits per heavy atom. The standard InChI is InChI=1S/C28H40Cl2N4O2/c1-19(2)15-26(35)33-12-9-32(10-13-33)11-14-34(18-20-5-6-21-16-23(20)28(21,3)4)27(36)31-22-7-8-24(29)25(30)17-22/h5,7-8,17,19,21,23H,6,9-16,18H2,1-4H3,(H,31,36). The van der Waals surface area contributed by atoms with Crippen LogP contribution in [0.5, 0.6) is 0 Å². The Morgan fingerprint density at radius 2 is 1.86 bits per heavy atom. The van der Waals surface area contributed by atoms with Gasteiger partial charge in [-0.05, 0) is 54.2 Å². The lowest BCUT2D eigenvalue weighted by atomic mass is 9.49. The molecule has 1 N–H and O–H groups in total. The van der Waals surface area contributed by atoms with Crippen LogP contribution in [0.1, 0.15) is 47.0 Å². The van der Waals surface area contributed by atoms with Crippen molar-refractivity contribution in [3.05, 3.63) is 39.9 Å². The molecule has 1 aromatic rings. The van der Waals surface area contributed by atoms with Crippen molar-refractivity contribution in [1.82, 2.24) is 14.7 Å². The number of anilines is 1. The van der Waals surface area contributed by atoms with Crippen LogP contribution in [-0.2, 0) is 4.79 Å². The fourth-order valence-electron chi connectivity index (χ4n) is 5.87. The lowest BCUT2D eigenvalue weighted by Gasteiger charge is -2.57. The molecule has 1 heterocycles. The molecule has 0 aromatic heterocycles. The third-order valence-electron chi connectivity index (χ3n) is 8.41. The van der Waals surface area contributed by atoms with Gasteiger partial charge in [0.05, 0.1) is 10.0 Å². The van der Waals surface area contributed by atoms with Gasteiger partial charge in [-0.15, -0.1) is 0 Å². The van der Waals surface area contributed by atoms with E-state index in [4.69, 9.17) is 23.2 Å². The highest BCUT2D eigenvalue weighted by atomic mass is 35.5. The number of fused-ring (bicyclic) bond motifs is 1. The maximum absolute atomic E-state index is 13.4. The number of hydrogen-bond acceptors (Lipinski definition) is 3. The van der Waals surface area contributed by atoms with Crippen LogP contribution in [-0.4, -0.2) is 72.5 Å². The molecule has 0 spiro atoms. The smallest absolute Gasteiger partial charge is 0.322 e. The monoisotopic (exact) mass is 534 g/mol. The van der Waals surface area contributed by atoms with Gasteiger partial charge in [-0.1, -0.05) is 62.5 Å². The van der Waals surface area contributed by atoms with E-state index in [9.17, 15) is 9.59 Å². The quantitative estimate of drug-likeness (QED) is 0.415. The molecule has 1 saturated carbocycles.